The van der Waals surface area contributed by atoms with Crippen molar-refractivity contribution in [3.8, 4) is 0 Å². The molecule has 7 heteroatoms. The van der Waals surface area contributed by atoms with Crippen LogP contribution in [0.1, 0.15) is 51.3 Å². The molecule has 2 saturated heterocycles. The van der Waals surface area contributed by atoms with Crippen molar-refractivity contribution in [3.05, 3.63) is 29.0 Å². The normalized spacial score (nSPS) is 27.6. The molecule has 6 nitrogen and oxygen atoms in total. The number of carbonyl (C=O) groups excluding carboxylic acids is 2. The number of pyridine rings is 1. The molecule has 0 bridgehead atoms. The Morgan fingerprint density at radius 3 is 2.75 bits per heavy atom. The third-order valence-corrected chi connectivity index (χ3v) is 6.34. The molecule has 2 unspecified atom stereocenters. The Labute approximate surface area is 172 Å². The van der Waals surface area contributed by atoms with Crippen LogP contribution in [0.15, 0.2) is 18.3 Å². The van der Waals surface area contributed by atoms with Crippen LogP contribution in [0.5, 0.6) is 0 Å². The average Bonchev–Trinajstić information content (AvgIpc) is 2.70. The topological polar surface area (TPSA) is 62.7 Å². The zero-order valence-electron chi connectivity index (χ0n) is 16.8. The highest BCUT2D eigenvalue weighted by molar-refractivity contribution is 6.30. The molecule has 3 rings (SSSR count). The smallest absolute Gasteiger partial charge is 0.229 e. The molecule has 0 radical (unpaired) electrons. The number of likely N-dealkylation sites (tertiary alicyclic amines) is 1. The van der Waals surface area contributed by atoms with Gasteiger partial charge in [0.2, 0.25) is 5.91 Å². The number of halogens is 1. The molecule has 2 aliphatic rings. The number of aldehydes is 1. The molecule has 2 aliphatic heterocycles. The highest BCUT2D eigenvalue weighted by atomic mass is 35.5. The largest absolute Gasteiger partial charge is 0.379 e. The average molecular weight is 408 g/mol. The summed E-state index contributed by atoms with van der Waals surface area (Å²) in [6.45, 7) is 8.08. The van der Waals surface area contributed by atoms with Crippen LogP contribution >= 0.6 is 11.6 Å². The number of rotatable bonds is 7. The molecule has 1 aromatic rings. The molecule has 3 atom stereocenters. The van der Waals surface area contributed by atoms with E-state index in [4.69, 9.17) is 16.3 Å². The standard InChI is InChI=1S/C21H30ClN3O3/c1-3-17(15-24-9-12-28-13-10-24)25-19(18-5-4-16(22)14-23-18)6-7-21(2,8-11-26)20(25)27/h4-5,11,14,17,19H,3,6-10,12-13,15H2,1-2H3/t17?,19?,21-/m1/s1. The Morgan fingerprint density at radius 1 is 1.39 bits per heavy atom. The number of hydrogen-bond donors (Lipinski definition) is 0. The molecule has 0 N–H and O–H groups in total. The summed E-state index contributed by atoms with van der Waals surface area (Å²) in [4.78, 5) is 33.7. The summed E-state index contributed by atoms with van der Waals surface area (Å²) in [5.74, 6) is 0.0627. The molecular weight excluding hydrogens is 378 g/mol. The van der Waals surface area contributed by atoms with E-state index in [1.165, 1.54) is 0 Å². The minimum absolute atomic E-state index is 0.0627. The fourth-order valence-electron chi connectivity index (χ4n) is 4.32. The van der Waals surface area contributed by atoms with Crippen LogP contribution in [0, 0.1) is 5.41 Å². The van der Waals surface area contributed by atoms with E-state index in [9.17, 15) is 9.59 Å². The van der Waals surface area contributed by atoms with Gasteiger partial charge in [-0.1, -0.05) is 25.4 Å². The van der Waals surface area contributed by atoms with Gasteiger partial charge in [-0.25, -0.2) is 0 Å². The second-order valence-corrected chi connectivity index (χ2v) is 8.51. The molecule has 1 amide bonds. The maximum atomic E-state index is 13.6. The summed E-state index contributed by atoms with van der Waals surface area (Å²) in [5.41, 5.74) is 0.231. The molecule has 0 aliphatic carbocycles. The van der Waals surface area contributed by atoms with Gasteiger partial charge in [-0.3, -0.25) is 14.7 Å². The number of morpholine rings is 1. The van der Waals surface area contributed by atoms with Crippen LogP contribution in [-0.2, 0) is 14.3 Å². The van der Waals surface area contributed by atoms with Crippen molar-refractivity contribution in [1.29, 1.82) is 0 Å². The first-order chi connectivity index (χ1) is 13.5. The number of carbonyl (C=O) groups is 2. The monoisotopic (exact) mass is 407 g/mol. The molecule has 3 heterocycles. The van der Waals surface area contributed by atoms with Gasteiger partial charge < -0.3 is 14.4 Å². The van der Waals surface area contributed by atoms with E-state index < -0.39 is 5.41 Å². The van der Waals surface area contributed by atoms with Crippen molar-refractivity contribution in [1.82, 2.24) is 14.8 Å². The number of aromatic nitrogens is 1. The maximum Gasteiger partial charge on any atom is 0.229 e. The van der Waals surface area contributed by atoms with E-state index in [-0.39, 0.29) is 24.4 Å². The predicted molar refractivity (Wildman–Crippen MR) is 108 cm³/mol. The van der Waals surface area contributed by atoms with Crippen molar-refractivity contribution in [3.63, 3.8) is 0 Å². The highest BCUT2D eigenvalue weighted by Crippen LogP contribution is 2.43. The second-order valence-electron chi connectivity index (χ2n) is 8.07. The molecule has 154 valence electrons. The number of piperidine rings is 1. The van der Waals surface area contributed by atoms with E-state index in [1.54, 1.807) is 6.20 Å². The zero-order chi connectivity index (χ0) is 20.1. The molecule has 0 spiro atoms. The molecule has 28 heavy (non-hydrogen) atoms. The van der Waals surface area contributed by atoms with Crippen molar-refractivity contribution in [2.75, 3.05) is 32.8 Å². The fourth-order valence-corrected chi connectivity index (χ4v) is 4.43. The van der Waals surface area contributed by atoms with Crippen LogP contribution in [0.3, 0.4) is 0 Å². The van der Waals surface area contributed by atoms with Gasteiger partial charge in [0.15, 0.2) is 0 Å². The van der Waals surface area contributed by atoms with E-state index >= 15 is 0 Å². The van der Waals surface area contributed by atoms with Gasteiger partial charge in [-0.05, 0) is 31.4 Å². The summed E-state index contributed by atoms with van der Waals surface area (Å²) in [6, 6.07) is 3.72. The van der Waals surface area contributed by atoms with Gasteiger partial charge in [-0.15, -0.1) is 0 Å². The maximum absolute atomic E-state index is 13.6. The number of ether oxygens (including phenoxy) is 1. The SMILES string of the molecule is CCC(CN1CCOCC1)N1C(=O)[C@@](C)(CC=O)CCC1c1ccc(Cl)cn1. The Kier molecular flexibility index (Phi) is 7.07. The number of amides is 1. The van der Waals surface area contributed by atoms with Gasteiger partial charge >= 0.3 is 0 Å². The number of nitrogens with zero attached hydrogens (tertiary/aromatic N) is 3. The predicted octanol–water partition coefficient (Wildman–Crippen LogP) is 3.10. The molecule has 2 fully saturated rings. The first-order valence-electron chi connectivity index (χ1n) is 10.2. The first-order valence-corrected chi connectivity index (χ1v) is 10.5. The fraction of sp³-hybridized carbons (Fsp3) is 0.667. The van der Waals surface area contributed by atoms with Gasteiger partial charge in [0, 0.05) is 38.3 Å². The molecule has 0 saturated carbocycles. The van der Waals surface area contributed by atoms with Crippen LogP contribution < -0.4 is 0 Å². The van der Waals surface area contributed by atoms with Crippen molar-refractivity contribution in [2.45, 2.75) is 51.6 Å². The summed E-state index contributed by atoms with van der Waals surface area (Å²) in [7, 11) is 0. The highest BCUT2D eigenvalue weighted by Gasteiger charge is 2.46. The molecule has 1 aromatic heterocycles. The lowest BCUT2D eigenvalue weighted by atomic mass is 9.75. The van der Waals surface area contributed by atoms with Crippen LogP contribution in [0.25, 0.3) is 0 Å². The van der Waals surface area contributed by atoms with E-state index in [1.807, 2.05) is 24.0 Å². The number of hydrogen-bond acceptors (Lipinski definition) is 5. The summed E-state index contributed by atoms with van der Waals surface area (Å²) in [6.07, 6.45) is 5.11. The Hall–Kier alpha value is -1.50. The zero-order valence-corrected chi connectivity index (χ0v) is 17.5. The van der Waals surface area contributed by atoms with Crippen LogP contribution in [0.4, 0.5) is 0 Å². The van der Waals surface area contributed by atoms with Gasteiger partial charge in [0.05, 0.1) is 35.4 Å². The third-order valence-electron chi connectivity index (χ3n) is 6.12. The minimum Gasteiger partial charge on any atom is -0.379 e. The van der Waals surface area contributed by atoms with Crippen molar-refractivity contribution in [2.24, 2.45) is 5.41 Å². The van der Waals surface area contributed by atoms with Gasteiger partial charge in [0.1, 0.15) is 6.29 Å². The Balaban J connectivity index is 1.90. The summed E-state index contributed by atoms with van der Waals surface area (Å²) in [5, 5.41) is 0.587. The van der Waals surface area contributed by atoms with E-state index in [0.717, 1.165) is 57.7 Å². The van der Waals surface area contributed by atoms with Crippen LogP contribution in [0.2, 0.25) is 5.02 Å². The Morgan fingerprint density at radius 2 is 2.14 bits per heavy atom. The van der Waals surface area contributed by atoms with Crippen molar-refractivity contribution < 1.29 is 14.3 Å². The lowest BCUT2D eigenvalue weighted by molar-refractivity contribution is -0.155. The minimum atomic E-state index is -0.636. The Bertz CT molecular complexity index is 678. The first kappa shape index (κ1) is 21.2. The van der Waals surface area contributed by atoms with Crippen molar-refractivity contribution >= 4 is 23.8 Å². The van der Waals surface area contributed by atoms with E-state index in [2.05, 4.69) is 16.8 Å². The quantitative estimate of drug-likeness (QED) is 0.650. The summed E-state index contributed by atoms with van der Waals surface area (Å²) >= 11 is 6.02. The lowest BCUT2D eigenvalue weighted by Gasteiger charge is -2.48. The van der Waals surface area contributed by atoms with Crippen LogP contribution in [-0.4, -0.2) is 65.9 Å². The molecule has 0 aromatic carbocycles. The van der Waals surface area contributed by atoms with Gasteiger partial charge in [-0.2, -0.15) is 0 Å². The molecular formula is C21H30ClN3O3. The van der Waals surface area contributed by atoms with E-state index in [0.29, 0.717) is 11.4 Å². The lowest BCUT2D eigenvalue weighted by Crippen LogP contribution is -2.56. The summed E-state index contributed by atoms with van der Waals surface area (Å²) < 4.78 is 5.46. The van der Waals surface area contributed by atoms with Gasteiger partial charge in [0.25, 0.3) is 0 Å². The third kappa shape index (κ3) is 4.56. The second kappa shape index (κ2) is 9.33.